The van der Waals surface area contributed by atoms with Crippen molar-refractivity contribution >= 4 is 11.1 Å². The van der Waals surface area contributed by atoms with Crippen LogP contribution in [0, 0.1) is 26.7 Å². The molecule has 0 bridgehead atoms. The summed E-state index contributed by atoms with van der Waals surface area (Å²) in [7, 11) is 0. The lowest BCUT2D eigenvalue weighted by Gasteiger charge is -2.40. The molecular weight excluding hydrogens is 733 g/mol. The van der Waals surface area contributed by atoms with E-state index in [1.54, 1.807) is 0 Å². The number of fused-ring (bicyclic) bond motifs is 9. The third-order valence-corrected chi connectivity index (χ3v) is 12.5. The molecule has 0 saturated heterocycles. The van der Waals surface area contributed by atoms with Gasteiger partial charge in [-0.1, -0.05) is 140 Å². The predicted molar refractivity (Wildman–Crippen MR) is 242 cm³/mol. The number of ether oxygens (including phenoxy) is 1. The average molecular weight is 775 g/mol. The number of rotatable bonds is 5. The largest absolute Gasteiger partial charge is 0.457 e. The van der Waals surface area contributed by atoms with Gasteiger partial charge in [0.1, 0.15) is 17.3 Å². The predicted octanol–water partition coefficient (Wildman–Crippen LogP) is 13.2. The molecule has 1 unspecified atom stereocenters. The van der Waals surface area contributed by atoms with Gasteiger partial charge in [0.15, 0.2) is 11.6 Å². The highest BCUT2D eigenvalue weighted by molar-refractivity contribution is 5.98. The summed E-state index contributed by atoms with van der Waals surface area (Å²) < 4.78 is 7.09. The van der Waals surface area contributed by atoms with Crippen LogP contribution in [0.5, 0.6) is 11.5 Å². The molecule has 0 fully saturated rings. The molecule has 288 valence electrons. The van der Waals surface area contributed by atoms with Crippen LogP contribution in [-0.2, 0) is 5.41 Å². The molecule has 11 rings (SSSR count). The van der Waals surface area contributed by atoms with Crippen LogP contribution >= 0.6 is 0 Å². The number of hydrogen-bond acceptors (Lipinski definition) is 5. The Morgan fingerprint density at radius 2 is 1.15 bits per heavy atom. The second kappa shape index (κ2) is 14.0. The molecule has 60 heavy (non-hydrogen) atoms. The van der Waals surface area contributed by atoms with Crippen LogP contribution < -0.4 is 4.74 Å². The van der Waals surface area contributed by atoms with Gasteiger partial charge in [-0.2, -0.15) is 0 Å². The monoisotopic (exact) mass is 774 g/mol. The molecule has 3 heterocycles. The molecule has 3 aliphatic rings. The lowest BCUT2D eigenvalue weighted by atomic mass is 9.65. The van der Waals surface area contributed by atoms with Gasteiger partial charge in [0.25, 0.3) is 0 Å². The molecular formula is C55H42N4O. The summed E-state index contributed by atoms with van der Waals surface area (Å²) in [5.74, 6) is 4.07. The van der Waals surface area contributed by atoms with Gasteiger partial charge in [-0.05, 0) is 114 Å². The van der Waals surface area contributed by atoms with Gasteiger partial charge in [-0.15, -0.1) is 0 Å². The van der Waals surface area contributed by atoms with Crippen LogP contribution in [0.1, 0.15) is 63.9 Å². The van der Waals surface area contributed by atoms with Crippen LogP contribution in [0.3, 0.4) is 0 Å². The first kappa shape index (κ1) is 35.9. The van der Waals surface area contributed by atoms with E-state index in [0.717, 1.165) is 57.1 Å². The molecule has 8 aromatic rings. The minimum absolute atomic E-state index is 0.404. The number of pyridine rings is 1. The Kier molecular flexibility index (Phi) is 8.35. The zero-order valence-electron chi connectivity index (χ0n) is 34.1. The zero-order chi connectivity index (χ0) is 40.5. The summed E-state index contributed by atoms with van der Waals surface area (Å²) in [5, 5.41) is 0. The van der Waals surface area contributed by atoms with Crippen LogP contribution in [0.25, 0.3) is 56.2 Å². The van der Waals surface area contributed by atoms with Crippen molar-refractivity contribution in [2.75, 3.05) is 0 Å². The van der Waals surface area contributed by atoms with Gasteiger partial charge in [0.05, 0.1) is 5.41 Å². The molecule has 2 aliphatic carbocycles. The van der Waals surface area contributed by atoms with E-state index >= 15 is 0 Å². The smallest absolute Gasteiger partial charge is 0.163 e. The minimum atomic E-state index is -0.634. The van der Waals surface area contributed by atoms with Gasteiger partial charge in [0, 0.05) is 39.2 Å². The highest BCUT2D eigenvalue weighted by Crippen LogP contribution is 2.62. The molecule has 0 radical (unpaired) electrons. The van der Waals surface area contributed by atoms with Crippen molar-refractivity contribution < 1.29 is 4.74 Å². The second-order valence-electron chi connectivity index (χ2n) is 16.4. The number of hydrogen-bond donors (Lipinski definition) is 0. The summed E-state index contributed by atoms with van der Waals surface area (Å²) in [5.41, 5.74) is 17.7. The van der Waals surface area contributed by atoms with Gasteiger partial charge in [-0.3, -0.25) is 4.98 Å². The fraction of sp³-hybridized carbons (Fsp3) is 0.127. The van der Waals surface area contributed by atoms with Crippen molar-refractivity contribution in [3.63, 3.8) is 0 Å². The van der Waals surface area contributed by atoms with E-state index in [1.807, 2.05) is 44.2 Å². The van der Waals surface area contributed by atoms with Crippen molar-refractivity contribution in [2.45, 2.75) is 39.5 Å². The van der Waals surface area contributed by atoms with Crippen molar-refractivity contribution in [3.05, 3.63) is 214 Å². The summed E-state index contributed by atoms with van der Waals surface area (Å²) >= 11 is 0. The zero-order valence-corrected chi connectivity index (χ0v) is 34.1. The van der Waals surface area contributed by atoms with Gasteiger partial charge in [-0.25, -0.2) is 15.0 Å². The van der Waals surface area contributed by atoms with E-state index in [9.17, 15) is 0 Å². The molecule has 0 amide bonds. The highest BCUT2D eigenvalue weighted by Gasteiger charge is 2.51. The Hall–Kier alpha value is -7.24. The van der Waals surface area contributed by atoms with Crippen molar-refractivity contribution in [3.8, 4) is 56.5 Å². The van der Waals surface area contributed by atoms with Gasteiger partial charge < -0.3 is 4.74 Å². The lowest BCUT2D eigenvalue weighted by molar-refractivity contribution is 0.436. The van der Waals surface area contributed by atoms with E-state index in [0.29, 0.717) is 23.4 Å². The topological polar surface area (TPSA) is 60.8 Å². The maximum absolute atomic E-state index is 7.09. The molecule has 2 aromatic heterocycles. The van der Waals surface area contributed by atoms with Gasteiger partial charge in [0.2, 0.25) is 0 Å². The van der Waals surface area contributed by atoms with E-state index in [2.05, 4.69) is 147 Å². The SMILES string of the molecule is Cc1ccc(-c2ccc(C3=C(c4ccc5c(c4)Oc4ccc(-c6nc(C)nc(-c7ccccc7)n6)cc4C54c5ccccc5-c5ccccc54)CC(C)C=C3)cc2)c(C)n1. The fourth-order valence-corrected chi connectivity index (χ4v) is 9.79. The van der Waals surface area contributed by atoms with Crippen molar-refractivity contribution in [1.82, 2.24) is 19.9 Å². The van der Waals surface area contributed by atoms with Crippen LogP contribution in [-0.4, -0.2) is 19.9 Å². The Morgan fingerprint density at radius 3 is 1.88 bits per heavy atom. The molecule has 0 saturated carbocycles. The van der Waals surface area contributed by atoms with Crippen LogP contribution in [0.2, 0.25) is 0 Å². The maximum Gasteiger partial charge on any atom is 0.163 e. The van der Waals surface area contributed by atoms with Crippen LogP contribution in [0.15, 0.2) is 164 Å². The Labute approximate surface area is 350 Å². The molecule has 5 heteroatoms. The van der Waals surface area contributed by atoms with Crippen molar-refractivity contribution in [2.24, 2.45) is 5.92 Å². The van der Waals surface area contributed by atoms with E-state index < -0.39 is 5.41 Å². The molecule has 1 aliphatic heterocycles. The van der Waals surface area contributed by atoms with E-state index in [-0.39, 0.29) is 0 Å². The molecule has 6 aromatic carbocycles. The summed E-state index contributed by atoms with van der Waals surface area (Å²) in [6, 6.07) is 54.4. The second-order valence-corrected chi connectivity index (χ2v) is 16.4. The minimum Gasteiger partial charge on any atom is -0.457 e. The normalized spacial score (nSPS) is 15.6. The Bertz CT molecular complexity index is 3040. The number of benzene rings is 6. The first-order valence-corrected chi connectivity index (χ1v) is 20.8. The number of aromatic nitrogens is 4. The maximum atomic E-state index is 7.09. The van der Waals surface area contributed by atoms with Gasteiger partial charge >= 0.3 is 0 Å². The van der Waals surface area contributed by atoms with E-state index in [4.69, 9.17) is 24.7 Å². The summed E-state index contributed by atoms with van der Waals surface area (Å²) in [6.07, 6.45) is 5.58. The Balaban J connectivity index is 1.08. The third kappa shape index (κ3) is 5.68. The third-order valence-electron chi connectivity index (χ3n) is 12.5. The Morgan fingerprint density at radius 1 is 0.500 bits per heavy atom. The quantitative estimate of drug-likeness (QED) is 0.174. The van der Waals surface area contributed by atoms with E-state index in [1.165, 1.54) is 50.1 Å². The molecule has 5 nitrogen and oxygen atoms in total. The number of nitrogens with zero attached hydrogens (tertiary/aromatic N) is 4. The van der Waals surface area contributed by atoms with Crippen LogP contribution in [0.4, 0.5) is 0 Å². The number of allylic oxidation sites excluding steroid dienone is 4. The highest BCUT2D eigenvalue weighted by atomic mass is 16.5. The fourth-order valence-electron chi connectivity index (χ4n) is 9.79. The molecule has 1 spiro atoms. The molecule has 0 N–H and O–H groups in total. The first-order chi connectivity index (χ1) is 29.3. The number of aryl methyl sites for hydroxylation is 3. The summed E-state index contributed by atoms with van der Waals surface area (Å²) in [4.78, 5) is 19.3. The molecule has 1 atom stereocenters. The lowest BCUT2D eigenvalue weighted by Crippen LogP contribution is -2.32. The van der Waals surface area contributed by atoms with Crippen molar-refractivity contribution in [1.29, 1.82) is 0 Å². The average Bonchev–Trinajstić information content (AvgIpc) is 3.57. The first-order valence-electron chi connectivity index (χ1n) is 20.8. The standard InChI is InChI=1S/C55H42N4O/c1-33-18-26-43(38-22-20-37(21-23-38)42-27-19-34(2)56-35(42)3)46(30-33)40-24-28-49-52(32-40)60-51-29-25-41(54-58-36(4)57-53(59-54)39-12-6-5-7-13-39)31-50(51)55(49)47-16-10-8-14-44(47)45-15-9-11-17-48(45)55/h5-29,31-33H,30H2,1-4H3. The summed E-state index contributed by atoms with van der Waals surface area (Å²) in [6.45, 7) is 8.35.